The lowest BCUT2D eigenvalue weighted by atomic mass is 10.1. The first-order chi connectivity index (χ1) is 5.24. The van der Waals surface area contributed by atoms with Crippen molar-refractivity contribution >= 4 is 17.7 Å². The number of aryl methyl sites for hydroxylation is 1. The Morgan fingerprint density at radius 1 is 1.36 bits per heavy atom. The van der Waals surface area contributed by atoms with Gasteiger partial charge in [-0.3, -0.25) is 0 Å². The zero-order valence-corrected chi connectivity index (χ0v) is 7.52. The molecule has 1 aromatic carbocycles. The molecule has 58 valence electrons. The Bertz CT molecular complexity index is 274. The maximum Gasteiger partial charge on any atom is 0.0435 e. The van der Waals surface area contributed by atoms with E-state index in [2.05, 4.69) is 12.1 Å². The SMILES string of the molecule is CC=Cc1ccc(Cl)c(C)c1. The van der Waals surface area contributed by atoms with E-state index in [1.165, 1.54) is 5.56 Å². The van der Waals surface area contributed by atoms with Crippen LogP contribution in [0.15, 0.2) is 24.3 Å². The molecule has 0 saturated carbocycles. The van der Waals surface area contributed by atoms with Crippen LogP contribution in [0.5, 0.6) is 0 Å². The summed E-state index contributed by atoms with van der Waals surface area (Å²) in [4.78, 5) is 0. The van der Waals surface area contributed by atoms with Crippen molar-refractivity contribution in [1.29, 1.82) is 0 Å². The van der Waals surface area contributed by atoms with Crippen molar-refractivity contribution in [1.82, 2.24) is 0 Å². The number of allylic oxidation sites excluding steroid dienone is 1. The van der Waals surface area contributed by atoms with Gasteiger partial charge in [0.15, 0.2) is 0 Å². The first-order valence-corrected chi connectivity index (χ1v) is 4.00. The van der Waals surface area contributed by atoms with Crippen LogP contribution < -0.4 is 0 Å². The molecule has 0 aliphatic carbocycles. The maximum absolute atomic E-state index is 5.86. The molecule has 1 aromatic rings. The summed E-state index contributed by atoms with van der Waals surface area (Å²) >= 11 is 5.86. The molecule has 0 aromatic heterocycles. The summed E-state index contributed by atoms with van der Waals surface area (Å²) in [6.07, 6.45) is 4.08. The third kappa shape index (κ3) is 2.09. The highest BCUT2D eigenvalue weighted by molar-refractivity contribution is 6.31. The van der Waals surface area contributed by atoms with Crippen LogP contribution in [-0.4, -0.2) is 0 Å². The van der Waals surface area contributed by atoms with E-state index in [1.807, 2.05) is 32.1 Å². The predicted octanol–water partition coefficient (Wildman–Crippen LogP) is 3.68. The Kier molecular flexibility index (Phi) is 2.72. The zero-order chi connectivity index (χ0) is 8.27. The highest BCUT2D eigenvalue weighted by Crippen LogP contribution is 2.16. The van der Waals surface area contributed by atoms with Gasteiger partial charge in [0.25, 0.3) is 0 Å². The molecule has 0 atom stereocenters. The van der Waals surface area contributed by atoms with Gasteiger partial charge in [0, 0.05) is 5.02 Å². The highest BCUT2D eigenvalue weighted by Gasteiger charge is 1.93. The van der Waals surface area contributed by atoms with Crippen molar-refractivity contribution in [3.8, 4) is 0 Å². The monoisotopic (exact) mass is 166 g/mol. The molecule has 0 aliphatic heterocycles. The van der Waals surface area contributed by atoms with Crippen LogP contribution in [-0.2, 0) is 0 Å². The summed E-state index contributed by atoms with van der Waals surface area (Å²) in [5, 5.41) is 0.832. The van der Waals surface area contributed by atoms with Crippen molar-refractivity contribution in [3.63, 3.8) is 0 Å². The second-order valence-electron chi connectivity index (χ2n) is 2.51. The molecule has 0 heterocycles. The molecule has 11 heavy (non-hydrogen) atoms. The largest absolute Gasteiger partial charge is 0.0871 e. The summed E-state index contributed by atoms with van der Waals surface area (Å²) in [6, 6.07) is 6.00. The van der Waals surface area contributed by atoms with Crippen molar-refractivity contribution in [2.24, 2.45) is 0 Å². The number of hydrogen-bond acceptors (Lipinski definition) is 0. The molecule has 0 unspecified atom stereocenters. The van der Waals surface area contributed by atoms with Crippen LogP contribution in [0, 0.1) is 6.92 Å². The third-order valence-electron chi connectivity index (χ3n) is 1.54. The van der Waals surface area contributed by atoms with Crippen molar-refractivity contribution < 1.29 is 0 Å². The number of rotatable bonds is 1. The van der Waals surface area contributed by atoms with Gasteiger partial charge in [-0.25, -0.2) is 0 Å². The fourth-order valence-electron chi connectivity index (χ4n) is 0.964. The standard InChI is InChI=1S/C10H11Cl/c1-3-4-9-5-6-10(11)8(2)7-9/h3-7H,1-2H3. The van der Waals surface area contributed by atoms with Crippen molar-refractivity contribution in [2.75, 3.05) is 0 Å². The number of hydrogen-bond donors (Lipinski definition) is 0. The van der Waals surface area contributed by atoms with Crippen molar-refractivity contribution in [2.45, 2.75) is 13.8 Å². The van der Waals surface area contributed by atoms with Crippen LogP contribution >= 0.6 is 11.6 Å². The molecular weight excluding hydrogens is 156 g/mol. The van der Waals surface area contributed by atoms with Crippen LogP contribution in [0.25, 0.3) is 6.08 Å². The van der Waals surface area contributed by atoms with E-state index in [9.17, 15) is 0 Å². The summed E-state index contributed by atoms with van der Waals surface area (Å²) in [5.41, 5.74) is 2.33. The molecule has 0 fully saturated rings. The Hall–Kier alpha value is -0.750. The lowest BCUT2D eigenvalue weighted by Gasteiger charge is -1.97. The molecule has 0 aliphatic rings. The number of benzene rings is 1. The lowest BCUT2D eigenvalue weighted by Crippen LogP contribution is -1.76. The fraction of sp³-hybridized carbons (Fsp3) is 0.200. The molecule has 0 bridgehead atoms. The number of halogens is 1. The molecule has 0 N–H and O–H groups in total. The quantitative estimate of drug-likeness (QED) is 0.597. The van der Waals surface area contributed by atoms with E-state index >= 15 is 0 Å². The topological polar surface area (TPSA) is 0 Å². The van der Waals surface area contributed by atoms with Crippen molar-refractivity contribution in [3.05, 3.63) is 40.4 Å². The van der Waals surface area contributed by atoms with Gasteiger partial charge >= 0.3 is 0 Å². The van der Waals surface area contributed by atoms with Gasteiger partial charge in [-0.2, -0.15) is 0 Å². The van der Waals surface area contributed by atoms with E-state index in [-0.39, 0.29) is 0 Å². The minimum Gasteiger partial charge on any atom is -0.0871 e. The Morgan fingerprint density at radius 2 is 2.09 bits per heavy atom. The molecule has 0 spiro atoms. The smallest absolute Gasteiger partial charge is 0.0435 e. The molecule has 1 heteroatoms. The second-order valence-corrected chi connectivity index (χ2v) is 2.92. The van der Waals surface area contributed by atoms with Gasteiger partial charge in [-0.05, 0) is 31.0 Å². The molecule has 0 radical (unpaired) electrons. The Balaban J connectivity index is 3.05. The first kappa shape index (κ1) is 8.35. The van der Waals surface area contributed by atoms with E-state index in [4.69, 9.17) is 11.6 Å². The summed E-state index contributed by atoms with van der Waals surface area (Å²) < 4.78 is 0. The minimum absolute atomic E-state index is 0.832. The summed E-state index contributed by atoms with van der Waals surface area (Å²) in [6.45, 7) is 4.01. The maximum atomic E-state index is 5.86. The molecule has 0 saturated heterocycles. The van der Waals surface area contributed by atoms with E-state index < -0.39 is 0 Å². The second kappa shape index (κ2) is 3.59. The Labute approximate surface area is 72.5 Å². The zero-order valence-electron chi connectivity index (χ0n) is 6.76. The minimum atomic E-state index is 0.832. The first-order valence-electron chi connectivity index (χ1n) is 3.63. The van der Waals surface area contributed by atoms with Crippen LogP contribution in [0.2, 0.25) is 5.02 Å². The molecule has 1 rings (SSSR count). The Morgan fingerprint density at radius 3 is 2.64 bits per heavy atom. The van der Waals surface area contributed by atoms with E-state index in [1.54, 1.807) is 0 Å². The van der Waals surface area contributed by atoms with Gasteiger partial charge in [0.2, 0.25) is 0 Å². The van der Waals surface area contributed by atoms with Crippen LogP contribution in [0.1, 0.15) is 18.1 Å². The van der Waals surface area contributed by atoms with Gasteiger partial charge in [0.05, 0.1) is 0 Å². The lowest BCUT2D eigenvalue weighted by molar-refractivity contribution is 1.46. The summed E-state index contributed by atoms with van der Waals surface area (Å²) in [5.74, 6) is 0. The molecular formula is C10H11Cl. The third-order valence-corrected chi connectivity index (χ3v) is 1.97. The predicted molar refractivity (Wildman–Crippen MR) is 50.9 cm³/mol. The molecule has 0 amide bonds. The van der Waals surface area contributed by atoms with Gasteiger partial charge < -0.3 is 0 Å². The fourth-order valence-corrected chi connectivity index (χ4v) is 1.08. The van der Waals surface area contributed by atoms with Crippen LogP contribution in [0.3, 0.4) is 0 Å². The normalized spacial score (nSPS) is 10.8. The average molecular weight is 167 g/mol. The van der Waals surface area contributed by atoms with Gasteiger partial charge in [0.1, 0.15) is 0 Å². The molecule has 0 nitrogen and oxygen atoms in total. The summed E-state index contributed by atoms with van der Waals surface area (Å²) in [7, 11) is 0. The highest BCUT2D eigenvalue weighted by atomic mass is 35.5. The average Bonchev–Trinajstić information content (AvgIpc) is 1.98. The van der Waals surface area contributed by atoms with E-state index in [0.29, 0.717) is 0 Å². The van der Waals surface area contributed by atoms with Gasteiger partial charge in [-0.1, -0.05) is 35.9 Å². The van der Waals surface area contributed by atoms with E-state index in [0.717, 1.165) is 10.6 Å². The van der Waals surface area contributed by atoms with Gasteiger partial charge in [-0.15, -0.1) is 0 Å². The van der Waals surface area contributed by atoms with Crippen LogP contribution in [0.4, 0.5) is 0 Å².